The Hall–Kier alpha value is -6.25. The van der Waals surface area contributed by atoms with Crippen molar-refractivity contribution < 1.29 is 0 Å². The summed E-state index contributed by atoms with van der Waals surface area (Å²) < 4.78 is 2.41. The van der Waals surface area contributed by atoms with E-state index in [-0.39, 0.29) is 5.41 Å². The lowest BCUT2D eigenvalue weighted by Gasteiger charge is -2.23. The third kappa shape index (κ3) is 5.14. The number of hydrogen-bond donors (Lipinski definition) is 0. The molecule has 0 bridgehead atoms. The lowest BCUT2D eigenvalue weighted by molar-refractivity contribution is 0.591. The molecular weight excluding hydrogens is 629 g/mol. The van der Waals surface area contributed by atoms with E-state index in [1.807, 2.05) is 30.5 Å². The van der Waals surface area contributed by atoms with Gasteiger partial charge in [-0.25, -0.2) is 0 Å². The molecule has 250 valence electrons. The van der Waals surface area contributed by atoms with Crippen molar-refractivity contribution in [2.24, 2.45) is 0 Å². The number of rotatable bonds is 6. The monoisotopic (exact) mass is 668 g/mol. The minimum atomic E-state index is 0.0517. The van der Waals surface area contributed by atoms with Crippen LogP contribution in [0.25, 0.3) is 82.1 Å². The van der Waals surface area contributed by atoms with Gasteiger partial charge in [-0.2, -0.15) is 0 Å². The van der Waals surface area contributed by atoms with Crippen molar-refractivity contribution in [2.45, 2.75) is 33.1 Å². The average molecular weight is 669 g/mol. The molecule has 0 aliphatic rings. The normalized spacial score (nSPS) is 12.9. The van der Waals surface area contributed by atoms with Crippen molar-refractivity contribution in [3.63, 3.8) is 0 Å². The van der Waals surface area contributed by atoms with Crippen molar-refractivity contribution in [3.05, 3.63) is 181 Å². The molecule has 2 heteroatoms. The Labute approximate surface area is 305 Å². The zero-order valence-corrected chi connectivity index (χ0v) is 30.1. The van der Waals surface area contributed by atoms with Crippen LogP contribution in [0.1, 0.15) is 44.5 Å². The van der Waals surface area contributed by atoms with Crippen LogP contribution in [0.15, 0.2) is 164 Å². The highest BCUT2D eigenvalue weighted by atomic mass is 15.0. The van der Waals surface area contributed by atoms with Gasteiger partial charge in [0.25, 0.3) is 0 Å². The van der Waals surface area contributed by atoms with E-state index in [4.69, 9.17) is 0 Å². The number of allylic oxidation sites excluding steroid dienone is 5. The number of nitrogens with zero attached hydrogens (tertiary/aromatic N) is 2. The van der Waals surface area contributed by atoms with Gasteiger partial charge in [0.1, 0.15) is 0 Å². The summed E-state index contributed by atoms with van der Waals surface area (Å²) in [6.07, 6.45) is 8.07. The van der Waals surface area contributed by atoms with Crippen LogP contribution in [0.3, 0.4) is 0 Å². The summed E-state index contributed by atoms with van der Waals surface area (Å²) in [6.45, 7) is 13.2. The van der Waals surface area contributed by atoms with E-state index in [2.05, 4.69) is 171 Å². The molecule has 2 heterocycles. The second kappa shape index (κ2) is 12.2. The predicted molar refractivity (Wildman–Crippen MR) is 225 cm³/mol. The summed E-state index contributed by atoms with van der Waals surface area (Å²) in [5, 5.41) is 10.3. The molecule has 2 aromatic heterocycles. The van der Waals surface area contributed by atoms with Crippen molar-refractivity contribution >= 4 is 65.3 Å². The first-order valence-electron chi connectivity index (χ1n) is 18.1. The van der Waals surface area contributed by atoms with Crippen molar-refractivity contribution in [1.82, 2.24) is 9.55 Å². The van der Waals surface area contributed by atoms with Gasteiger partial charge >= 0.3 is 0 Å². The summed E-state index contributed by atoms with van der Waals surface area (Å²) in [4.78, 5) is 4.58. The van der Waals surface area contributed by atoms with Gasteiger partial charge in [-0.15, -0.1) is 0 Å². The highest BCUT2D eigenvalue weighted by molar-refractivity contribution is 6.27. The molecule has 0 spiro atoms. The molecule has 0 fully saturated rings. The van der Waals surface area contributed by atoms with Gasteiger partial charge in [0.15, 0.2) is 0 Å². The summed E-state index contributed by atoms with van der Waals surface area (Å²) >= 11 is 0. The Balaban J connectivity index is 1.31. The van der Waals surface area contributed by atoms with Gasteiger partial charge in [-0.05, 0) is 121 Å². The predicted octanol–water partition coefficient (Wildman–Crippen LogP) is 13.7. The first-order valence-corrected chi connectivity index (χ1v) is 18.1. The molecule has 0 amide bonds. The van der Waals surface area contributed by atoms with Crippen LogP contribution in [0, 0.1) is 0 Å². The maximum atomic E-state index is 4.58. The molecule has 0 aliphatic heterocycles. The van der Waals surface area contributed by atoms with Crippen LogP contribution in [-0.2, 0) is 5.41 Å². The third-order valence-corrected chi connectivity index (χ3v) is 10.7. The second-order valence-corrected chi connectivity index (χ2v) is 14.9. The van der Waals surface area contributed by atoms with Gasteiger partial charge in [0.05, 0.1) is 16.7 Å². The third-order valence-electron chi connectivity index (χ3n) is 10.7. The maximum Gasteiger partial charge on any atom is 0.0701 e. The molecule has 9 rings (SSSR count). The van der Waals surface area contributed by atoms with Crippen LogP contribution in [0.2, 0.25) is 0 Å². The summed E-state index contributed by atoms with van der Waals surface area (Å²) in [6, 6.07) is 49.0. The lowest BCUT2D eigenvalue weighted by atomic mass is 9.81. The fourth-order valence-electron chi connectivity index (χ4n) is 8.02. The van der Waals surface area contributed by atoms with E-state index in [9.17, 15) is 0 Å². The fourth-order valence-corrected chi connectivity index (χ4v) is 8.02. The number of benzene rings is 7. The molecule has 0 N–H and O–H groups in total. The largest absolute Gasteiger partial charge is 0.309 e. The number of pyridine rings is 1. The molecule has 0 atom stereocenters. The van der Waals surface area contributed by atoms with Crippen LogP contribution < -0.4 is 0 Å². The standard InChI is InChI=1S/C50H40N2/c1-6-33(45-18-11-12-27-51-45)22-21-32(2)43-31-44(42-26-24-36-29-37(50(3,4)5)28-35-23-25-41(43)49(42)48(35)36)34-14-13-15-38(30-34)52-46-19-9-7-16-39(46)40-17-8-10-20-47(40)52/h6-31H,1H2,2-5H3/b32-21+,33-22+. The molecule has 9 aromatic rings. The molecular formula is C50H40N2. The van der Waals surface area contributed by atoms with Crippen molar-refractivity contribution in [2.75, 3.05) is 0 Å². The van der Waals surface area contributed by atoms with Gasteiger partial charge in [0, 0.05) is 22.7 Å². The van der Waals surface area contributed by atoms with E-state index in [0.29, 0.717) is 0 Å². The minimum Gasteiger partial charge on any atom is -0.309 e. The number of aromatic nitrogens is 2. The number of hydrogen-bond acceptors (Lipinski definition) is 1. The Morgan fingerprint density at radius 3 is 1.96 bits per heavy atom. The smallest absolute Gasteiger partial charge is 0.0701 e. The SMILES string of the molecule is C=C/C(=C\C=C(/C)c1cc(-c2cccc(-n3c4ccccc4c4ccccc43)c2)c2ccc3cc(C(C)(C)C)cc4ccc1c2c43)c1ccccn1. The Kier molecular flexibility index (Phi) is 7.45. The quantitative estimate of drug-likeness (QED) is 0.127. The highest BCUT2D eigenvalue weighted by Gasteiger charge is 2.21. The van der Waals surface area contributed by atoms with Crippen molar-refractivity contribution in [3.8, 4) is 16.8 Å². The maximum absolute atomic E-state index is 4.58. The van der Waals surface area contributed by atoms with Gasteiger partial charge in [0.2, 0.25) is 0 Å². The second-order valence-electron chi connectivity index (χ2n) is 14.9. The van der Waals surface area contributed by atoms with E-state index in [1.165, 1.54) is 82.0 Å². The fraction of sp³-hybridized carbons (Fsp3) is 0.100. The van der Waals surface area contributed by atoms with Gasteiger partial charge in [-0.3, -0.25) is 4.98 Å². The molecule has 7 aromatic carbocycles. The van der Waals surface area contributed by atoms with E-state index in [0.717, 1.165) is 17.0 Å². The first-order chi connectivity index (χ1) is 25.3. The molecule has 0 aliphatic carbocycles. The van der Waals surface area contributed by atoms with Crippen molar-refractivity contribution in [1.29, 1.82) is 0 Å². The van der Waals surface area contributed by atoms with E-state index in [1.54, 1.807) is 0 Å². The number of fused-ring (bicyclic) bond motifs is 3. The topological polar surface area (TPSA) is 17.8 Å². The highest BCUT2D eigenvalue weighted by Crippen LogP contribution is 2.44. The molecule has 0 unspecified atom stereocenters. The van der Waals surface area contributed by atoms with Crippen LogP contribution >= 0.6 is 0 Å². The Morgan fingerprint density at radius 1 is 0.635 bits per heavy atom. The van der Waals surface area contributed by atoms with E-state index < -0.39 is 0 Å². The molecule has 0 radical (unpaired) electrons. The zero-order valence-electron chi connectivity index (χ0n) is 30.1. The Morgan fingerprint density at radius 2 is 1.31 bits per heavy atom. The number of para-hydroxylation sites is 2. The van der Waals surface area contributed by atoms with E-state index >= 15 is 0 Å². The molecule has 0 saturated carbocycles. The zero-order chi connectivity index (χ0) is 35.6. The van der Waals surface area contributed by atoms with Crippen LogP contribution in [0.5, 0.6) is 0 Å². The van der Waals surface area contributed by atoms with Gasteiger partial charge in [-0.1, -0.05) is 137 Å². The van der Waals surface area contributed by atoms with Crippen LogP contribution in [0.4, 0.5) is 0 Å². The summed E-state index contributed by atoms with van der Waals surface area (Å²) in [7, 11) is 0. The molecule has 52 heavy (non-hydrogen) atoms. The van der Waals surface area contributed by atoms with Gasteiger partial charge < -0.3 is 4.57 Å². The molecule has 0 saturated heterocycles. The minimum absolute atomic E-state index is 0.0517. The summed E-state index contributed by atoms with van der Waals surface area (Å²) in [5.74, 6) is 0. The van der Waals surface area contributed by atoms with Crippen LogP contribution in [-0.4, -0.2) is 9.55 Å². The first kappa shape index (κ1) is 31.7. The average Bonchev–Trinajstić information content (AvgIpc) is 3.51. The molecule has 2 nitrogen and oxygen atoms in total. The Bertz CT molecular complexity index is 2820. The summed E-state index contributed by atoms with van der Waals surface area (Å²) in [5.41, 5.74) is 11.7. The lowest BCUT2D eigenvalue weighted by Crippen LogP contribution is -2.10.